The Balaban J connectivity index is 0.00000272. The van der Waals surface area contributed by atoms with Crippen molar-refractivity contribution in [1.29, 1.82) is 0 Å². The molecule has 0 saturated carbocycles. The zero-order valence-electron chi connectivity index (χ0n) is 18.3. The van der Waals surface area contributed by atoms with Gasteiger partial charge in [-0.15, -0.1) is 24.0 Å². The number of fused-ring (bicyclic) bond motifs is 1. The second-order valence-electron chi connectivity index (χ2n) is 7.78. The Labute approximate surface area is 201 Å². The van der Waals surface area contributed by atoms with Crippen LogP contribution in [0.25, 0.3) is 11.5 Å². The van der Waals surface area contributed by atoms with Gasteiger partial charge in [0.2, 0.25) is 5.89 Å². The predicted octanol–water partition coefficient (Wildman–Crippen LogP) is 4.52. The van der Waals surface area contributed by atoms with Crippen molar-refractivity contribution < 1.29 is 4.42 Å². The standard InChI is InChI=1S/C24H29N5O.HI/c1-17-6-9-19(10-7-17)23-28-21(16-30-23)15-27-24(25-2)26-14-18-8-11-22-20(13-18)5-4-12-29(22)3;/h6-11,13,16H,4-5,12,14-15H2,1-3H3,(H2,25,26,27);1H. The van der Waals surface area contributed by atoms with Gasteiger partial charge >= 0.3 is 0 Å². The van der Waals surface area contributed by atoms with Crippen LogP contribution in [0.3, 0.4) is 0 Å². The van der Waals surface area contributed by atoms with E-state index in [4.69, 9.17) is 4.42 Å². The molecule has 2 heterocycles. The molecule has 2 N–H and O–H groups in total. The van der Waals surface area contributed by atoms with Crippen molar-refractivity contribution >= 4 is 35.6 Å². The van der Waals surface area contributed by atoms with E-state index < -0.39 is 0 Å². The van der Waals surface area contributed by atoms with Crippen LogP contribution < -0.4 is 15.5 Å². The molecule has 0 spiro atoms. The fourth-order valence-electron chi connectivity index (χ4n) is 3.75. The van der Waals surface area contributed by atoms with Gasteiger partial charge in [-0.3, -0.25) is 4.99 Å². The highest BCUT2D eigenvalue weighted by atomic mass is 127. The van der Waals surface area contributed by atoms with Crippen LogP contribution in [0, 0.1) is 6.92 Å². The van der Waals surface area contributed by atoms with E-state index in [-0.39, 0.29) is 24.0 Å². The molecule has 31 heavy (non-hydrogen) atoms. The van der Waals surface area contributed by atoms with E-state index in [0.717, 1.165) is 36.7 Å². The summed E-state index contributed by atoms with van der Waals surface area (Å²) in [5.41, 5.74) is 7.07. The number of nitrogens with one attached hydrogen (secondary N) is 2. The summed E-state index contributed by atoms with van der Waals surface area (Å²) in [6.07, 6.45) is 4.05. The van der Waals surface area contributed by atoms with Gasteiger partial charge in [-0.1, -0.05) is 29.8 Å². The smallest absolute Gasteiger partial charge is 0.226 e. The molecule has 1 aromatic heterocycles. The number of nitrogens with zero attached hydrogens (tertiary/aromatic N) is 3. The molecule has 0 aliphatic carbocycles. The van der Waals surface area contributed by atoms with Gasteiger partial charge in [-0.05, 0) is 49.1 Å². The molecule has 2 aromatic carbocycles. The van der Waals surface area contributed by atoms with Gasteiger partial charge in [0.25, 0.3) is 0 Å². The zero-order valence-corrected chi connectivity index (χ0v) is 20.6. The monoisotopic (exact) mass is 531 g/mol. The number of halogens is 1. The molecule has 1 aliphatic heterocycles. The molecule has 164 valence electrons. The number of hydrogen-bond donors (Lipinski definition) is 2. The van der Waals surface area contributed by atoms with Crippen LogP contribution in [0.5, 0.6) is 0 Å². The molecule has 0 bridgehead atoms. The molecular formula is C24H30IN5O. The largest absolute Gasteiger partial charge is 0.444 e. The Hall–Kier alpha value is -2.55. The summed E-state index contributed by atoms with van der Waals surface area (Å²) in [5, 5.41) is 6.69. The van der Waals surface area contributed by atoms with Crippen LogP contribution in [-0.2, 0) is 19.5 Å². The van der Waals surface area contributed by atoms with Crippen molar-refractivity contribution in [2.24, 2.45) is 4.99 Å². The number of hydrogen-bond acceptors (Lipinski definition) is 4. The third-order valence-corrected chi connectivity index (χ3v) is 5.47. The average molecular weight is 531 g/mol. The number of aromatic nitrogens is 1. The average Bonchev–Trinajstić information content (AvgIpc) is 3.23. The summed E-state index contributed by atoms with van der Waals surface area (Å²) in [5.74, 6) is 1.37. The lowest BCUT2D eigenvalue weighted by atomic mass is 9.99. The normalized spacial score (nSPS) is 13.4. The van der Waals surface area contributed by atoms with Gasteiger partial charge < -0.3 is 20.0 Å². The van der Waals surface area contributed by atoms with Crippen LogP contribution in [-0.4, -0.2) is 31.6 Å². The lowest BCUT2D eigenvalue weighted by Crippen LogP contribution is -2.36. The van der Waals surface area contributed by atoms with E-state index in [2.05, 4.69) is 69.8 Å². The van der Waals surface area contributed by atoms with E-state index in [0.29, 0.717) is 12.4 Å². The molecule has 0 radical (unpaired) electrons. The summed E-state index contributed by atoms with van der Waals surface area (Å²) in [7, 11) is 3.94. The summed E-state index contributed by atoms with van der Waals surface area (Å²) >= 11 is 0. The number of oxazole rings is 1. The van der Waals surface area contributed by atoms with Crippen molar-refractivity contribution in [2.75, 3.05) is 25.5 Å². The van der Waals surface area contributed by atoms with Crippen molar-refractivity contribution in [3.8, 4) is 11.5 Å². The molecule has 7 heteroatoms. The molecule has 3 aromatic rings. The summed E-state index contributed by atoms with van der Waals surface area (Å²) in [4.78, 5) is 11.2. The Bertz CT molecular complexity index is 1030. The van der Waals surface area contributed by atoms with Crippen molar-refractivity contribution in [3.63, 3.8) is 0 Å². The van der Waals surface area contributed by atoms with Crippen molar-refractivity contribution in [2.45, 2.75) is 32.9 Å². The van der Waals surface area contributed by atoms with Gasteiger partial charge in [-0.25, -0.2) is 4.98 Å². The quantitative estimate of drug-likeness (QED) is 0.288. The lowest BCUT2D eigenvalue weighted by molar-refractivity contribution is 0.572. The van der Waals surface area contributed by atoms with Gasteiger partial charge in [0.05, 0.1) is 12.2 Å². The lowest BCUT2D eigenvalue weighted by Gasteiger charge is -2.28. The Kier molecular flexibility index (Phi) is 7.95. The van der Waals surface area contributed by atoms with Gasteiger partial charge in [0.15, 0.2) is 5.96 Å². The number of benzene rings is 2. The topological polar surface area (TPSA) is 65.7 Å². The highest BCUT2D eigenvalue weighted by molar-refractivity contribution is 14.0. The molecular weight excluding hydrogens is 501 g/mol. The van der Waals surface area contributed by atoms with Crippen molar-refractivity contribution in [3.05, 3.63) is 71.1 Å². The first-order valence-electron chi connectivity index (χ1n) is 10.4. The molecule has 4 rings (SSSR count). The fourth-order valence-corrected chi connectivity index (χ4v) is 3.75. The van der Waals surface area contributed by atoms with E-state index in [9.17, 15) is 0 Å². The second kappa shape index (κ2) is 10.7. The number of rotatable bonds is 5. The van der Waals surface area contributed by atoms with Crippen LogP contribution >= 0.6 is 24.0 Å². The maximum Gasteiger partial charge on any atom is 0.226 e. The Morgan fingerprint density at radius 3 is 2.68 bits per heavy atom. The minimum atomic E-state index is 0. The predicted molar refractivity (Wildman–Crippen MR) is 137 cm³/mol. The van der Waals surface area contributed by atoms with Gasteiger partial charge in [0, 0.05) is 38.4 Å². The second-order valence-corrected chi connectivity index (χ2v) is 7.78. The third kappa shape index (κ3) is 5.78. The van der Waals surface area contributed by atoms with E-state index in [1.807, 2.05) is 12.1 Å². The highest BCUT2D eigenvalue weighted by Crippen LogP contribution is 2.26. The molecule has 0 atom stereocenters. The minimum Gasteiger partial charge on any atom is -0.444 e. The van der Waals surface area contributed by atoms with Crippen LogP contribution in [0.2, 0.25) is 0 Å². The molecule has 0 amide bonds. The van der Waals surface area contributed by atoms with E-state index in [1.165, 1.54) is 28.8 Å². The summed E-state index contributed by atoms with van der Waals surface area (Å²) < 4.78 is 5.63. The van der Waals surface area contributed by atoms with E-state index in [1.54, 1.807) is 13.3 Å². The fraction of sp³-hybridized carbons (Fsp3) is 0.333. The molecule has 0 saturated heterocycles. The summed E-state index contributed by atoms with van der Waals surface area (Å²) in [6.45, 7) is 4.47. The maximum absolute atomic E-state index is 5.63. The first-order valence-corrected chi connectivity index (χ1v) is 10.4. The Morgan fingerprint density at radius 2 is 1.90 bits per heavy atom. The summed E-state index contributed by atoms with van der Waals surface area (Å²) in [6, 6.07) is 14.9. The maximum atomic E-state index is 5.63. The first-order chi connectivity index (χ1) is 14.6. The van der Waals surface area contributed by atoms with Gasteiger partial charge in [-0.2, -0.15) is 0 Å². The van der Waals surface area contributed by atoms with Crippen molar-refractivity contribution in [1.82, 2.24) is 15.6 Å². The SMILES string of the molecule is CN=C(NCc1ccc2c(c1)CCCN2C)NCc1coc(-c2ccc(C)cc2)n1.I. The van der Waals surface area contributed by atoms with E-state index >= 15 is 0 Å². The third-order valence-electron chi connectivity index (χ3n) is 5.47. The minimum absolute atomic E-state index is 0. The number of guanidine groups is 1. The Morgan fingerprint density at radius 1 is 1.13 bits per heavy atom. The molecule has 1 aliphatic rings. The first kappa shape index (κ1) is 23.1. The number of aliphatic imine (C=N–C) groups is 1. The highest BCUT2D eigenvalue weighted by Gasteiger charge is 2.14. The molecule has 6 nitrogen and oxygen atoms in total. The van der Waals surface area contributed by atoms with Crippen LogP contribution in [0.4, 0.5) is 5.69 Å². The number of anilines is 1. The van der Waals surface area contributed by atoms with Crippen LogP contribution in [0.15, 0.2) is 58.1 Å². The van der Waals surface area contributed by atoms with Gasteiger partial charge in [0.1, 0.15) is 6.26 Å². The van der Waals surface area contributed by atoms with Crippen LogP contribution in [0.1, 0.15) is 28.8 Å². The molecule has 0 fully saturated rings. The molecule has 0 unspecified atom stereocenters. The zero-order chi connectivity index (χ0) is 20.9. The number of aryl methyl sites for hydroxylation is 2.